The van der Waals surface area contributed by atoms with Crippen molar-refractivity contribution in [2.24, 2.45) is 0 Å². The number of unbranched alkanes of at least 4 members (excludes halogenated alkanes) is 3. The maximum Gasteiger partial charge on any atom is 0.119 e. The van der Waals surface area contributed by atoms with Crippen molar-refractivity contribution in [2.75, 3.05) is 37.7 Å². The van der Waals surface area contributed by atoms with Gasteiger partial charge in [-0.25, -0.2) is 0 Å². The van der Waals surface area contributed by atoms with Crippen molar-refractivity contribution in [3.8, 4) is 5.75 Å². The minimum Gasteiger partial charge on any atom is -0.494 e. The first-order chi connectivity index (χ1) is 12.7. The summed E-state index contributed by atoms with van der Waals surface area (Å²) in [6.45, 7) is 11.8. The summed E-state index contributed by atoms with van der Waals surface area (Å²) in [5, 5.41) is 3.52. The molecule has 0 bridgehead atoms. The molecule has 1 aromatic rings. The summed E-state index contributed by atoms with van der Waals surface area (Å²) in [5.41, 5.74) is 4.21. The third-order valence-corrected chi connectivity index (χ3v) is 4.96. The molecule has 0 unspecified atom stereocenters. The van der Waals surface area contributed by atoms with Crippen molar-refractivity contribution >= 4 is 5.69 Å². The quantitative estimate of drug-likeness (QED) is 0.403. The molecular weight excluding hydrogens is 320 g/mol. The van der Waals surface area contributed by atoms with Crippen molar-refractivity contribution in [1.82, 2.24) is 5.32 Å². The van der Waals surface area contributed by atoms with Crippen LogP contribution < -0.4 is 15.0 Å². The molecule has 0 saturated heterocycles. The van der Waals surface area contributed by atoms with Gasteiger partial charge in [0, 0.05) is 18.8 Å². The third-order valence-electron chi connectivity index (χ3n) is 4.96. The number of rotatable bonds is 12. The van der Waals surface area contributed by atoms with Gasteiger partial charge >= 0.3 is 0 Å². The van der Waals surface area contributed by atoms with Crippen LogP contribution in [-0.4, -0.2) is 32.8 Å². The van der Waals surface area contributed by atoms with Crippen LogP contribution in [0.4, 0.5) is 5.69 Å². The Balaban J connectivity index is 1.70. The van der Waals surface area contributed by atoms with Gasteiger partial charge in [0.2, 0.25) is 0 Å². The van der Waals surface area contributed by atoms with E-state index in [-0.39, 0.29) is 0 Å². The summed E-state index contributed by atoms with van der Waals surface area (Å²) in [5.74, 6) is 1.03. The maximum atomic E-state index is 5.99. The van der Waals surface area contributed by atoms with Crippen molar-refractivity contribution in [2.45, 2.75) is 65.7 Å². The summed E-state index contributed by atoms with van der Waals surface area (Å²) in [6.07, 6.45) is 10.9. The van der Waals surface area contributed by atoms with E-state index < -0.39 is 0 Å². The summed E-state index contributed by atoms with van der Waals surface area (Å²) in [6, 6.07) is 6.65. The predicted molar refractivity (Wildman–Crippen MR) is 114 cm³/mol. The van der Waals surface area contributed by atoms with Crippen molar-refractivity contribution in [3.05, 3.63) is 35.4 Å². The average Bonchev–Trinajstić information content (AvgIpc) is 2.64. The van der Waals surface area contributed by atoms with Crippen molar-refractivity contribution in [1.29, 1.82) is 0 Å². The number of ether oxygens (including phenoxy) is 1. The Hall–Kier alpha value is -1.48. The lowest BCUT2D eigenvalue weighted by Crippen LogP contribution is -2.29. The van der Waals surface area contributed by atoms with Gasteiger partial charge in [0.05, 0.1) is 6.61 Å². The number of hydrogen-bond acceptors (Lipinski definition) is 3. The van der Waals surface area contributed by atoms with Gasteiger partial charge < -0.3 is 15.0 Å². The van der Waals surface area contributed by atoms with E-state index in [1.807, 2.05) is 0 Å². The van der Waals surface area contributed by atoms with E-state index in [9.17, 15) is 0 Å². The number of anilines is 1. The molecule has 3 heteroatoms. The van der Waals surface area contributed by atoms with Gasteiger partial charge in [-0.2, -0.15) is 0 Å². The fraction of sp³-hybridized carbons (Fsp3) is 0.652. The topological polar surface area (TPSA) is 24.5 Å². The minimum atomic E-state index is 0.816. The summed E-state index contributed by atoms with van der Waals surface area (Å²) in [7, 11) is 0. The maximum absolute atomic E-state index is 5.99. The zero-order valence-corrected chi connectivity index (χ0v) is 17.2. The molecule has 0 fully saturated rings. The molecule has 0 aliphatic carbocycles. The lowest BCUT2D eigenvalue weighted by atomic mass is 10.0. The Bertz CT molecular complexity index is 549. The molecule has 1 heterocycles. The first kappa shape index (κ1) is 20.8. The van der Waals surface area contributed by atoms with Gasteiger partial charge in [0.1, 0.15) is 5.75 Å². The van der Waals surface area contributed by atoms with E-state index >= 15 is 0 Å². The fourth-order valence-corrected chi connectivity index (χ4v) is 3.39. The highest BCUT2D eigenvalue weighted by Crippen LogP contribution is 2.30. The van der Waals surface area contributed by atoms with Crippen LogP contribution in [-0.2, 0) is 6.42 Å². The number of aryl methyl sites for hydroxylation is 1. The molecule has 1 aromatic carbocycles. The molecule has 0 radical (unpaired) electrons. The monoisotopic (exact) mass is 358 g/mol. The number of fused-ring (bicyclic) bond motifs is 1. The molecule has 26 heavy (non-hydrogen) atoms. The minimum absolute atomic E-state index is 0.816. The molecule has 146 valence electrons. The molecule has 0 amide bonds. The molecule has 0 aromatic heterocycles. The molecule has 1 aliphatic heterocycles. The molecule has 3 nitrogen and oxygen atoms in total. The normalized spacial score (nSPS) is 13.4. The molecule has 1 aliphatic rings. The van der Waals surface area contributed by atoms with Gasteiger partial charge in [0.25, 0.3) is 0 Å². The Morgan fingerprint density at radius 2 is 1.96 bits per heavy atom. The molecule has 1 N–H and O–H groups in total. The second kappa shape index (κ2) is 12.0. The summed E-state index contributed by atoms with van der Waals surface area (Å²) < 4.78 is 5.99. The van der Waals surface area contributed by atoms with Crippen LogP contribution in [0.3, 0.4) is 0 Å². The molecule has 0 spiro atoms. The Morgan fingerprint density at radius 1 is 1.15 bits per heavy atom. The van der Waals surface area contributed by atoms with Gasteiger partial charge in [-0.15, -0.1) is 0 Å². The van der Waals surface area contributed by atoms with Crippen LogP contribution in [0.25, 0.3) is 0 Å². The highest BCUT2D eigenvalue weighted by molar-refractivity contribution is 5.58. The first-order valence-electron chi connectivity index (χ1n) is 10.6. The van der Waals surface area contributed by atoms with Crippen LogP contribution >= 0.6 is 0 Å². The number of hydrogen-bond donors (Lipinski definition) is 1. The molecule has 0 atom stereocenters. The third kappa shape index (κ3) is 7.41. The van der Waals surface area contributed by atoms with Gasteiger partial charge in [-0.1, -0.05) is 31.4 Å². The largest absolute Gasteiger partial charge is 0.494 e. The van der Waals surface area contributed by atoms with Crippen LogP contribution in [0.1, 0.15) is 64.9 Å². The second-order valence-corrected chi connectivity index (χ2v) is 7.63. The Labute approximate surface area is 160 Å². The van der Waals surface area contributed by atoms with E-state index in [4.69, 9.17) is 4.74 Å². The van der Waals surface area contributed by atoms with E-state index in [1.54, 1.807) is 0 Å². The van der Waals surface area contributed by atoms with Gasteiger partial charge in [-0.3, -0.25) is 0 Å². The van der Waals surface area contributed by atoms with E-state index in [0.29, 0.717) is 0 Å². The van der Waals surface area contributed by atoms with E-state index in [0.717, 1.165) is 45.0 Å². The van der Waals surface area contributed by atoms with Crippen LogP contribution in [0.2, 0.25) is 0 Å². The number of allylic oxidation sites excluding steroid dienone is 1. The van der Waals surface area contributed by atoms with Gasteiger partial charge in [0.15, 0.2) is 0 Å². The lowest BCUT2D eigenvalue weighted by Gasteiger charge is -2.31. The van der Waals surface area contributed by atoms with E-state index in [2.05, 4.69) is 55.3 Å². The molecular formula is C23H38N2O. The zero-order chi connectivity index (χ0) is 18.6. The van der Waals surface area contributed by atoms with Crippen molar-refractivity contribution < 1.29 is 4.74 Å². The molecule has 0 saturated carbocycles. The summed E-state index contributed by atoms with van der Waals surface area (Å²) in [4.78, 5) is 2.49. The zero-order valence-electron chi connectivity index (χ0n) is 17.2. The number of nitrogens with zero attached hydrogens (tertiary/aromatic N) is 1. The average molecular weight is 359 g/mol. The van der Waals surface area contributed by atoms with Crippen molar-refractivity contribution in [3.63, 3.8) is 0 Å². The number of nitrogens with one attached hydrogen (secondary N) is 1. The van der Waals surface area contributed by atoms with Gasteiger partial charge in [-0.05, 0) is 82.8 Å². The highest BCUT2D eigenvalue weighted by Gasteiger charge is 2.16. The highest BCUT2D eigenvalue weighted by atomic mass is 16.5. The molecule has 2 rings (SSSR count). The smallest absolute Gasteiger partial charge is 0.119 e. The Morgan fingerprint density at radius 3 is 2.73 bits per heavy atom. The SMILES string of the molecule is CCCCCNCCCCOc1ccc2c(c1)CCCN2CC=C(C)C. The Kier molecular flexibility index (Phi) is 9.62. The lowest BCUT2D eigenvalue weighted by molar-refractivity contribution is 0.305. The fourth-order valence-electron chi connectivity index (χ4n) is 3.39. The summed E-state index contributed by atoms with van der Waals surface area (Å²) >= 11 is 0. The standard InChI is InChI=1S/C23H38N2O/c1-4-5-6-14-24-15-7-8-18-26-22-11-12-23-21(19-22)10-9-16-25(23)17-13-20(2)3/h11-13,19,24H,4-10,14-18H2,1-3H3. The number of benzene rings is 1. The predicted octanol–water partition coefficient (Wildman–Crippen LogP) is 5.34. The van der Waals surface area contributed by atoms with E-state index in [1.165, 1.54) is 55.3 Å². The van der Waals surface area contributed by atoms with Crippen LogP contribution in [0, 0.1) is 0 Å². The van der Waals surface area contributed by atoms with Crippen LogP contribution in [0.5, 0.6) is 5.75 Å². The van der Waals surface area contributed by atoms with Crippen LogP contribution in [0.15, 0.2) is 29.8 Å². The second-order valence-electron chi connectivity index (χ2n) is 7.63. The first-order valence-corrected chi connectivity index (χ1v) is 10.6.